The van der Waals surface area contributed by atoms with Crippen molar-refractivity contribution in [3.05, 3.63) is 0 Å². The zero-order valence-corrected chi connectivity index (χ0v) is 10.4. The number of nitrogens with zero attached hydrogens (tertiary/aromatic N) is 1. The molecule has 1 aliphatic rings. The molecule has 3 heteroatoms. The van der Waals surface area contributed by atoms with Crippen molar-refractivity contribution in [1.82, 2.24) is 4.90 Å². The summed E-state index contributed by atoms with van der Waals surface area (Å²) in [7, 11) is 0. The Labute approximate surface area is 93.6 Å². The van der Waals surface area contributed by atoms with E-state index in [9.17, 15) is 0 Å². The first-order chi connectivity index (χ1) is 7.00. The highest BCUT2D eigenvalue weighted by molar-refractivity contribution is 4.87. The molecule has 1 heterocycles. The minimum absolute atomic E-state index is 0.0754. The highest BCUT2D eigenvalue weighted by Gasteiger charge is 2.30. The summed E-state index contributed by atoms with van der Waals surface area (Å²) in [6, 6.07) is 1.42. The van der Waals surface area contributed by atoms with Gasteiger partial charge in [-0.3, -0.25) is 4.90 Å². The van der Waals surface area contributed by atoms with E-state index in [4.69, 9.17) is 10.8 Å². The van der Waals surface area contributed by atoms with Crippen molar-refractivity contribution in [2.75, 3.05) is 13.2 Å². The van der Waals surface area contributed by atoms with Crippen LogP contribution in [0.3, 0.4) is 0 Å². The van der Waals surface area contributed by atoms with Crippen LogP contribution in [0.1, 0.15) is 46.5 Å². The summed E-state index contributed by atoms with van der Waals surface area (Å²) in [5, 5.41) is 9.11. The molecule has 0 aliphatic carbocycles. The van der Waals surface area contributed by atoms with Crippen LogP contribution in [0, 0.1) is 0 Å². The van der Waals surface area contributed by atoms with Crippen LogP contribution in [-0.2, 0) is 0 Å². The predicted octanol–water partition coefficient (Wildman–Crippen LogP) is 1.35. The molecule has 3 nitrogen and oxygen atoms in total. The van der Waals surface area contributed by atoms with E-state index in [2.05, 4.69) is 18.7 Å². The van der Waals surface area contributed by atoms with Gasteiger partial charge >= 0.3 is 0 Å². The normalized spacial score (nSPS) is 31.8. The van der Waals surface area contributed by atoms with Crippen LogP contribution in [0.15, 0.2) is 0 Å². The molecule has 3 N–H and O–H groups in total. The van der Waals surface area contributed by atoms with Gasteiger partial charge in [-0.1, -0.05) is 6.92 Å². The molecule has 1 rings (SSSR count). The topological polar surface area (TPSA) is 49.5 Å². The van der Waals surface area contributed by atoms with Crippen LogP contribution in [0.5, 0.6) is 0 Å². The van der Waals surface area contributed by atoms with E-state index < -0.39 is 5.54 Å². The maximum atomic E-state index is 9.11. The van der Waals surface area contributed by atoms with Gasteiger partial charge in [-0.15, -0.1) is 0 Å². The van der Waals surface area contributed by atoms with Gasteiger partial charge in [0, 0.05) is 24.2 Å². The molecule has 0 spiro atoms. The smallest absolute Gasteiger partial charge is 0.0608 e. The van der Waals surface area contributed by atoms with E-state index in [0.29, 0.717) is 6.04 Å². The lowest BCUT2D eigenvalue weighted by Crippen LogP contribution is -2.45. The Bertz CT molecular complexity index is 194. The molecule has 90 valence electrons. The highest BCUT2D eigenvalue weighted by atomic mass is 16.3. The summed E-state index contributed by atoms with van der Waals surface area (Å²) in [5.74, 6) is 0. The van der Waals surface area contributed by atoms with Crippen LogP contribution in [0.4, 0.5) is 0 Å². The molecular weight excluding hydrogens is 188 g/mol. The molecule has 3 unspecified atom stereocenters. The first-order valence-corrected chi connectivity index (χ1v) is 6.15. The number of hydrogen-bond acceptors (Lipinski definition) is 3. The minimum Gasteiger partial charge on any atom is -0.394 e. The number of nitrogens with two attached hydrogens (primary N) is 1. The van der Waals surface area contributed by atoms with Crippen molar-refractivity contribution in [3.63, 3.8) is 0 Å². The summed E-state index contributed by atoms with van der Waals surface area (Å²) in [4.78, 5) is 2.56. The molecule has 0 aromatic rings. The van der Waals surface area contributed by atoms with Crippen LogP contribution >= 0.6 is 0 Å². The molecule has 0 bridgehead atoms. The molecule has 3 atom stereocenters. The molecule has 0 aromatic carbocycles. The van der Waals surface area contributed by atoms with E-state index in [0.717, 1.165) is 19.0 Å². The first kappa shape index (κ1) is 12.9. The Morgan fingerprint density at radius 2 is 2.13 bits per heavy atom. The van der Waals surface area contributed by atoms with Gasteiger partial charge in [0.2, 0.25) is 0 Å². The maximum absolute atomic E-state index is 9.11. The Kier molecular flexibility index (Phi) is 4.56. The zero-order chi connectivity index (χ0) is 11.5. The van der Waals surface area contributed by atoms with Gasteiger partial charge in [-0.05, 0) is 39.5 Å². The summed E-state index contributed by atoms with van der Waals surface area (Å²) in [6.07, 6.45) is 4.73. The van der Waals surface area contributed by atoms with Gasteiger partial charge in [0.05, 0.1) is 6.61 Å². The lowest BCUT2D eigenvalue weighted by atomic mass is 10.00. The largest absolute Gasteiger partial charge is 0.394 e. The maximum Gasteiger partial charge on any atom is 0.0608 e. The van der Waals surface area contributed by atoms with Crippen molar-refractivity contribution in [2.45, 2.75) is 64.1 Å². The lowest BCUT2D eigenvalue weighted by molar-refractivity contribution is 0.148. The Balaban J connectivity index is 2.42. The predicted molar refractivity (Wildman–Crippen MR) is 63.8 cm³/mol. The van der Waals surface area contributed by atoms with Crippen molar-refractivity contribution in [2.24, 2.45) is 5.73 Å². The number of aliphatic hydroxyl groups is 1. The summed E-state index contributed by atoms with van der Waals surface area (Å²) in [6.45, 7) is 7.57. The number of aliphatic hydroxyl groups excluding tert-OH is 1. The molecule has 0 saturated carbocycles. The molecule has 1 fully saturated rings. The first-order valence-electron chi connectivity index (χ1n) is 6.15. The van der Waals surface area contributed by atoms with E-state index in [1.165, 1.54) is 19.3 Å². The van der Waals surface area contributed by atoms with Crippen LogP contribution in [0.25, 0.3) is 0 Å². The van der Waals surface area contributed by atoms with Crippen molar-refractivity contribution >= 4 is 0 Å². The van der Waals surface area contributed by atoms with Crippen molar-refractivity contribution in [1.29, 1.82) is 0 Å². The molecule has 15 heavy (non-hydrogen) atoms. The van der Waals surface area contributed by atoms with Crippen LogP contribution in [-0.4, -0.2) is 40.8 Å². The molecule has 0 amide bonds. The summed E-state index contributed by atoms with van der Waals surface area (Å²) >= 11 is 0. The van der Waals surface area contributed by atoms with Crippen molar-refractivity contribution in [3.8, 4) is 0 Å². The van der Waals surface area contributed by atoms with E-state index in [1.54, 1.807) is 0 Å². The fourth-order valence-corrected chi connectivity index (χ4v) is 2.43. The average Bonchev–Trinajstić information content (AvgIpc) is 2.56. The van der Waals surface area contributed by atoms with Gasteiger partial charge in [-0.25, -0.2) is 0 Å². The van der Waals surface area contributed by atoms with E-state index in [-0.39, 0.29) is 6.61 Å². The zero-order valence-electron chi connectivity index (χ0n) is 10.4. The fourth-order valence-electron chi connectivity index (χ4n) is 2.43. The van der Waals surface area contributed by atoms with E-state index in [1.807, 2.05) is 6.92 Å². The van der Waals surface area contributed by atoms with Gasteiger partial charge in [0.15, 0.2) is 0 Å². The second kappa shape index (κ2) is 5.28. The Morgan fingerprint density at radius 3 is 2.67 bits per heavy atom. The second-order valence-corrected chi connectivity index (χ2v) is 5.29. The average molecular weight is 214 g/mol. The van der Waals surface area contributed by atoms with Gasteiger partial charge in [0.1, 0.15) is 0 Å². The van der Waals surface area contributed by atoms with Gasteiger partial charge < -0.3 is 10.8 Å². The molecule has 1 aliphatic heterocycles. The van der Waals surface area contributed by atoms with Crippen molar-refractivity contribution < 1.29 is 5.11 Å². The SMILES string of the molecule is CCC1CCC(C)N1CCC(C)(N)CO. The third-order valence-corrected chi connectivity index (χ3v) is 3.73. The number of likely N-dealkylation sites (tertiary alicyclic amines) is 1. The minimum atomic E-state index is -0.416. The van der Waals surface area contributed by atoms with Gasteiger partial charge in [-0.2, -0.15) is 0 Å². The monoisotopic (exact) mass is 214 g/mol. The number of hydrogen-bond donors (Lipinski definition) is 2. The van der Waals surface area contributed by atoms with E-state index >= 15 is 0 Å². The third-order valence-electron chi connectivity index (χ3n) is 3.73. The highest BCUT2D eigenvalue weighted by Crippen LogP contribution is 2.26. The Morgan fingerprint density at radius 1 is 1.47 bits per heavy atom. The summed E-state index contributed by atoms with van der Waals surface area (Å²) in [5.41, 5.74) is 5.53. The molecule has 0 aromatic heterocycles. The summed E-state index contributed by atoms with van der Waals surface area (Å²) < 4.78 is 0. The van der Waals surface area contributed by atoms with Gasteiger partial charge in [0.25, 0.3) is 0 Å². The third kappa shape index (κ3) is 3.44. The second-order valence-electron chi connectivity index (χ2n) is 5.29. The van der Waals surface area contributed by atoms with Crippen LogP contribution in [0.2, 0.25) is 0 Å². The molecular formula is C12H26N2O. The standard InChI is InChI=1S/C12H26N2O/c1-4-11-6-5-10(2)14(11)8-7-12(3,13)9-15/h10-11,15H,4-9,13H2,1-3H3. The lowest BCUT2D eigenvalue weighted by Gasteiger charge is -2.31. The molecule has 0 radical (unpaired) electrons. The molecule has 1 saturated heterocycles. The Hall–Kier alpha value is -0.120. The number of rotatable bonds is 5. The van der Waals surface area contributed by atoms with Crippen LogP contribution < -0.4 is 5.73 Å². The fraction of sp³-hybridized carbons (Fsp3) is 1.00. The quantitative estimate of drug-likeness (QED) is 0.726.